The lowest BCUT2D eigenvalue weighted by atomic mass is 9.91. The van der Waals surface area contributed by atoms with E-state index in [1.165, 1.54) is 0 Å². The van der Waals surface area contributed by atoms with Crippen molar-refractivity contribution in [2.75, 3.05) is 0 Å². The highest BCUT2D eigenvalue weighted by molar-refractivity contribution is 9.10. The zero-order valence-corrected chi connectivity index (χ0v) is 20.0. The molecule has 0 radical (unpaired) electrons. The van der Waals surface area contributed by atoms with Gasteiger partial charge in [-0.1, -0.05) is 73.3 Å². The molecule has 1 unspecified atom stereocenters. The number of nitrogens with one attached hydrogen (secondary N) is 1. The number of benzene rings is 2. The summed E-state index contributed by atoms with van der Waals surface area (Å²) in [5.41, 5.74) is 2.87. The van der Waals surface area contributed by atoms with Crippen LogP contribution >= 0.6 is 15.9 Å². The normalized spacial score (nSPS) is 12.0. The van der Waals surface area contributed by atoms with Crippen molar-refractivity contribution in [3.8, 4) is 5.75 Å². The zero-order chi connectivity index (χ0) is 22.1. The Morgan fingerprint density at radius 1 is 1.10 bits per heavy atom. The van der Waals surface area contributed by atoms with E-state index in [2.05, 4.69) is 39.7 Å². The summed E-state index contributed by atoms with van der Waals surface area (Å²) in [5.74, 6) is 1.97. The van der Waals surface area contributed by atoms with Crippen LogP contribution in [0.1, 0.15) is 85.6 Å². The first-order valence-corrected chi connectivity index (χ1v) is 11.9. The van der Waals surface area contributed by atoms with Crippen molar-refractivity contribution in [3.63, 3.8) is 0 Å². The van der Waals surface area contributed by atoms with Crippen LogP contribution in [0.2, 0.25) is 0 Å². The van der Waals surface area contributed by atoms with E-state index in [9.17, 15) is 4.79 Å². The van der Waals surface area contributed by atoms with Crippen molar-refractivity contribution in [1.29, 1.82) is 0 Å². The quantitative estimate of drug-likeness (QED) is 0.215. The van der Waals surface area contributed by atoms with E-state index in [0.717, 1.165) is 64.8 Å². The smallest absolute Gasteiger partial charge is 0.163 e. The number of imidazole rings is 1. The zero-order valence-electron chi connectivity index (χ0n) is 18.4. The van der Waals surface area contributed by atoms with E-state index < -0.39 is 0 Å². The average molecular weight is 483 g/mol. The van der Waals surface area contributed by atoms with Gasteiger partial charge in [-0.05, 0) is 36.6 Å². The third-order valence-electron chi connectivity index (χ3n) is 5.45. The van der Waals surface area contributed by atoms with Crippen molar-refractivity contribution in [2.45, 2.75) is 64.9 Å². The van der Waals surface area contributed by atoms with Gasteiger partial charge in [-0.2, -0.15) is 0 Å². The second kappa shape index (κ2) is 11.8. The lowest BCUT2D eigenvalue weighted by Crippen LogP contribution is -2.09. The fourth-order valence-corrected chi connectivity index (χ4v) is 4.00. The number of halogens is 1. The molecule has 4 nitrogen and oxygen atoms in total. The van der Waals surface area contributed by atoms with Gasteiger partial charge in [0.2, 0.25) is 0 Å². The van der Waals surface area contributed by atoms with Crippen molar-refractivity contribution in [3.05, 3.63) is 81.8 Å². The molecule has 1 heterocycles. The van der Waals surface area contributed by atoms with E-state index >= 15 is 0 Å². The Morgan fingerprint density at radius 3 is 2.58 bits per heavy atom. The summed E-state index contributed by atoms with van der Waals surface area (Å²) in [5, 5.41) is 0. The summed E-state index contributed by atoms with van der Waals surface area (Å²) in [7, 11) is 0. The number of ketones is 1. The van der Waals surface area contributed by atoms with Crippen LogP contribution < -0.4 is 4.74 Å². The van der Waals surface area contributed by atoms with Gasteiger partial charge < -0.3 is 9.72 Å². The Balaban J connectivity index is 1.90. The number of unbranched alkanes of at least 4 members (excludes halogenated alkanes) is 2. The number of carbonyl (C=O) groups is 1. The molecule has 3 aromatic rings. The first-order chi connectivity index (χ1) is 15.1. The van der Waals surface area contributed by atoms with E-state index in [4.69, 9.17) is 4.74 Å². The van der Waals surface area contributed by atoms with Gasteiger partial charge in [0, 0.05) is 40.3 Å². The molecule has 164 valence electrons. The molecule has 1 N–H and O–H groups in total. The van der Waals surface area contributed by atoms with Crippen molar-refractivity contribution < 1.29 is 9.53 Å². The van der Waals surface area contributed by atoms with Gasteiger partial charge in [0.1, 0.15) is 18.2 Å². The number of hydrogen-bond acceptors (Lipinski definition) is 3. The number of Topliss-reactive ketones (excluding diaryl/α,β-unsaturated/α-hetero) is 1. The van der Waals surface area contributed by atoms with Crippen LogP contribution in [0.4, 0.5) is 0 Å². The molecule has 0 saturated carbocycles. The molecule has 0 saturated heterocycles. The minimum atomic E-state index is 0.101. The third kappa shape index (κ3) is 6.54. The monoisotopic (exact) mass is 482 g/mol. The van der Waals surface area contributed by atoms with Crippen LogP contribution in [-0.2, 0) is 6.61 Å². The molecule has 1 atom stereocenters. The molecule has 0 fully saturated rings. The molecule has 1 aromatic heterocycles. The van der Waals surface area contributed by atoms with Gasteiger partial charge >= 0.3 is 0 Å². The second-order valence-corrected chi connectivity index (χ2v) is 8.78. The molecule has 0 aliphatic heterocycles. The number of rotatable bonds is 12. The van der Waals surface area contributed by atoms with Gasteiger partial charge in [-0.15, -0.1) is 0 Å². The lowest BCUT2D eigenvalue weighted by Gasteiger charge is -2.20. The predicted molar refractivity (Wildman–Crippen MR) is 129 cm³/mol. The van der Waals surface area contributed by atoms with Crippen molar-refractivity contribution in [1.82, 2.24) is 9.97 Å². The second-order valence-electron chi connectivity index (χ2n) is 7.86. The molecule has 0 aliphatic carbocycles. The van der Waals surface area contributed by atoms with Gasteiger partial charge in [-0.3, -0.25) is 4.79 Å². The van der Waals surface area contributed by atoms with Crippen LogP contribution in [0.15, 0.2) is 59.3 Å². The van der Waals surface area contributed by atoms with Crippen LogP contribution in [-0.4, -0.2) is 15.8 Å². The largest absolute Gasteiger partial charge is 0.489 e. The molecule has 0 aliphatic rings. The summed E-state index contributed by atoms with van der Waals surface area (Å²) in [6, 6.07) is 14.0. The number of nitrogens with zero attached hydrogens (tertiary/aromatic N) is 1. The number of carbonyl (C=O) groups excluding carboxylic acids is 1. The van der Waals surface area contributed by atoms with Crippen LogP contribution in [0.3, 0.4) is 0 Å². The van der Waals surface area contributed by atoms with Gasteiger partial charge in [0.15, 0.2) is 5.78 Å². The van der Waals surface area contributed by atoms with Crippen molar-refractivity contribution in [2.24, 2.45) is 0 Å². The summed E-state index contributed by atoms with van der Waals surface area (Å²) >= 11 is 3.47. The Morgan fingerprint density at radius 2 is 1.90 bits per heavy atom. The van der Waals surface area contributed by atoms with E-state index in [1.807, 2.05) is 48.7 Å². The first kappa shape index (κ1) is 23.3. The lowest BCUT2D eigenvalue weighted by molar-refractivity contribution is 0.0979. The number of ether oxygens (including phenoxy) is 1. The summed E-state index contributed by atoms with van der Waals surface area (Å²) < 4.78 is 7.34. The van der Waals surface area contributed by atoms with E-state index in [-0.39, 0.29) is 11.7 Å². The van der Waals surface area contributed by atoms with Gasteiger partial charge in [0.25, 0.3) is 0 Å². The SMILES string of the molecule is CCCCCC(=O)c1ccc(C(CCC)c2ncc[nH]2)c(OCc2ccc(Br)cc2)c1. The summed E-state index contributed by atoms with van der Waals surface area (Å²) in [6.07, 6.45) is 9.30. The fourth-order valence-electron chi connectivity index (χ4n) is 3.74. The molecule has 0 spiro atoms. The maximum atomic E-state index is 12.7. The Hall–Kier alpha value is -2.40. The Kier molecular flexibility index (Phi) is 8.89. The molecule has 31 heavy (non-hydrogen) atoms. The van der Waals surface area contributed by atoms with E-state index in [1.54, 1.807) is 6.20 Å². The number of aromatic nitrogens is 2. The minimum Gasteiger partial charge on any atom is -0.489 e. The maximum absolute atomic E-state index is 12.7. The van der Waals surface area contributed by atoms with Crippen molar-refractivity contribution >= 4 is 21.7 Å². The minimum absolute atomic E-state index is 0.101. The maximum Gasteiger partial charge on any atom is 0.163 e. The molecular formula is C26H31BrN2O2. The molecule has 3 rings (SSSR count). The Labute approximate surface area is 193 Å². The molecular weight excluding hydrogens is 452 g/mol. The van der Waals surface area contributed by atoms with Crippen LogP contribution in [0.25, 0.3) is 0 Å². The summed E-state index contributed by atoms with van der Waals surface area (Å²) in [6.45, 7) is 4.77. The molecule has 5 heteroatoms. The standard InChI is InChI=1S/C26H31BrN2O2/c1-3-5-6-8-24(30)20-11-14-22(23(7-4-2)26-28-15-16-29-26)25(17-20)31-18-19-9-12-21(27)13-10-19/h9-17,23H,3-8,18H2,1-2H3,(H,28,29). The molecule has 0 bridgehead atoms. The fraction of sp³-hybridized carbons (Fsp3) is 0.385. The highest BCUT2D eigenvalue weighted by Crippen LogP contribution is 2.35. The topological polar surface area (TPSA) is 55.0 Å². The highest BCUT2D eigenvalue weighted by atomic mass is 79.9. The van der Waals surface area contributed by atoms with Gasteiger partial charge in [0.05, 0.1) is 0 Å². The average Bonchev–Trinajstić information content (AvgIpc) is 3.32. The number of H-pyrrole nitrogens is 1. The number of aromatic amines is 1. The summed E-state index contributed by atoms with van der Waals surface area (Å²) in [4.78, 5) is 20.5. The van der Waals surface area contributed by atoms with Crippen LogP contribution in [0.5, 0.6) is 5.75 Å². The first-order valence-electron chi connectivity index (χ1n) is 11.2. The van der Waals surface area contributed by atoms with E-state index in [0.29, 0.717) is 13.0 Å². The highest BCUT2D eigenvalue weighted by Gasteiger charge is 2.21. The third-order valence-corrected chi connectivity index (χ3v) is 5.98. The molecule has 2 aromatic carbocycles. The van der Waals surface area contributed by atoms with Gasteiger partial charge in [-0.25, -0.2) is 4.98 Å². The molecule has 0 amide bonds. The van der Waals surface area contributed by atoms with Crippen LogP contribution in [0, 0.1) is 0 Å². The number of hydrogen-bond donors (Lipinski definition) is 1. The predicted octanol–water partition coefficient (Wildman–Crippen LogP) is 7.45. The Bertz CT molecular complexity index is 952.